The molecule has 0 saturated carbocycles. The van der Waals surface area contributed by atoms with Gasteiger partial charge in [0.1, 0.15) is 52.1 Å². The molecule has 4 saturated heterocycles. The van der Waals surface area contributed by atoms with Gasteiger partial charge < -0.3 is 73.7 Å². The van der Waals surface area contributed by atoms with Gasteiger partial charge in [0.15, 0.2) is 22.8 Å². The van der Waals surface area contributed by atoms with E-state index in [0.29, 0.717) is 200 Å². The molecule has 142 heavy (non-hydrogen) atoms. The molecule has 8 aromatic carbocycles. The number of fused-ring (bicyclic) bond motifs is 4. The number of primary amides is 1. The van der Waals surface area contributed by atoms with E-state index in [9.17, 15) is 62.6 Å². The number of benzene rings is 8. The number of rotatable bonds is 21. The molecule has 8 aliphatic rings. The van der Waals surface area contributed by atoms with Crippen LogP contribution < -0.4 is 63.9 Å². The van der Waals surface area contributed by atoms with Gasteiger partial charge in [-0.15, -0.1) is 0 Å². The Morgan fingerprint density at radius 3 is 0.810 bits per heavy atom. The minimum Gasteiger partial charge on any atom is -0.497 e. The van der Waals surface area contributed by atoms with Crippen molar-refractivity contribution in [2.75, 3.05) is 127 Å². The number of esters is 1. The Bertz CT molecular complexity index is 6800. The molecule has 0 unspecified atom stereocenters. The standard InChI is InChI=1S/C28H26N6O4.C27H28N4O5.C25H25N5O4.C25H24N4O5/c1-38-22-11-9-21(10-12-22)34-26-23(25(30-34)27(36)31-17-14-29-18-31)13-16-33(28(26)37)20-7-5-19(6-8-20)32-15-3-2-4-24(32)35;1-3-36-27(34)24-22-15-17-30(19-9-7-18(8-10-19)29-16-5-4-6-23(29)32)26(33)25(22)31(28-24)20-11-13-21(35-2)14-12-20;1-34-19-11-9-18(10-12-19)30-23-20(22(27-30)24(26)32)13-15-29(25(23)33)17-7-5-16(6-8-17)28-14-3-2-4-21(28)31;1-34-19-11-9-18(10-12-19)29-23-20(22(26-29)25(32)33)13-15-28(24(23)31)17-7-5-16(6-8-17)27-14-3-2-4-21(27)30/h5-12,14,17-18H,2-4,13,15-16H2,1H3;7-14H,3-6,15-17H2,1-2H3;5-12H,2-4,13-15H2,1H3,(H2,26,32);5-12H,2-4,13-15H2,1H3,(H,32,33). The number of methoxy groups -OCH3 is 4. The lowest BCUT2D eigenvalue weighted by atomic mass is 10.0. The lowest BCUT2D eigenvalue weighted by Gasteiger charge is -2.29. The number of imidazole rings is 1. The zero-order chi connectivity index (χ0) is 99.1. The van der Waals surface area contributed by atoms with Gasteiger partial charge in [0.05, 0.1) is 57.8 Å². The van der Waals surface area contributed by atoms with E-state index in [2.05, 4.69) is 25.4 Å². The molecule has 21 rings (SSSR count). The van der Waals surface area contributed by atoms with Gasteiger partial charge in [0.25, 0.3) is 35.4 Å². The van der Waals surface area contributed by atoms with E-state index in [1.807, 2.05) is 97.1 Å². The van der Waals surface area contributed by atoms with E-state index >= 15 is 0 Å². The molecular formula is C105H103N19O18. The van der Waals surface area contributed by atoms with Gasteiger partial charge in [-0.2, -0.15) is 20.4 Å². The van der Waals surface area contributed by atoms with Crippen molar-refractivity contribution in [1.29, 1.82) is 0 Å². The Morgan fingerprint density at radius 2 is 0.556 bits per heavy atom. The molecule has 726 valence electrons. The van der Waals surface area contributed by atoms with Crippen LogP contribution in [0.25, 0.3) is 22.7 Å². The average Bonchev–Trinajstić information content (AvgIpc) is 1.61. The molecule has 37 nitrogen and oxygen atoms in total. The molecule has 37 heteroatoms. The second-order valence-electron chi connectivity index (χ2n) is 34.7. The summed E-state index contributed by atoms with van der Waals surface area (Å²) in [6.45, 7) is 6.30. The summed E-state index contributed by atoms with van der Waals surface area (Å²) in [5.74, 6) is -0.665. The summed E-state index contributed by atoms with van der Waals surface area (Å²) in [6, 6.07) is 58.1. The lowest BCUT2D eigenvalue weighted by molar-refractivity contribution is -0.120. The van der Waals surface area contributed by atoms with Crippen LogP contribution in [0.5, 0.6) is 23.0 Å². The summed E-state index contributed by atoms with van der Waals surface area (Å²) in [6.07, 6.45) is 16.1. The topological polar surface area (TPSA) is 412 Å². The Balaban J connectivity index is 0.000000125. The van der Waals surface area contributed by atoms with Gasteiger partial charge in [-0.3, -0.25) is 52.5 Å². The molecule has 4 fully saturated rings. The van der Waals surface area contributed by atoms with E-state index in [0.717, 1.165) is 85.5 Å². The first-order chi connectivity index (χ1) is 69.0. The van der Waals surface area contributed by atoms with Crippen molar-refractivity contribution < 1.29 is 86.3 Å². The monoisotopic (exact) mass is 1920 g/mol. The van der Waals surface area contributed by atoms with Gasteiger partial charge in [0.2, 0.25) is 23.6 Å². The van der Waals surface area contributed by atoms with Crippen LogP contribution in [0, 0.1) is 0 Å². The van der Waals surface area contributed by atoms with Crippen molar-refractivity contribution in [2.24, 2.45) is 5.73 Å². The molecular weight excluding hydrogens is 1820 g/mol. The molecule has 0 aliphatic carbocycles. The first-order valence-electron chi connectivity index (χ1n) is 47.2. The number of piperidine rings is 4. The lowest BCUT2D eigenvalue weighted by Crippen LogP contribution is -2.39. The van der Waals surface area contributed by atoms with Gasteiger partial charge in [-0.25, -0.2) is 33.3 Å². The summed E-state index contributed by atoms with van der Waals surface area (Å²) in [4.78, 5) is 172. The number of carboxylic acids is 1. The molecule has 0 atom stereocenters. The van der Waals surface area contributed by atoms with Crippen molar-refractivity contribution in [3.63, 3.8) is 0 Å². The fraction of sp³-hybridized carbons (Fsp3) is 0.286. The number of aromatic nitrogens is 10. The third kappa shape index (κ3) is 19.1. The maximum absolute atomic E-state index is 13.9. The summed E-state index contributed by atoms with van der Waals surface area (Å²) >= 11 is 0. The first kappa shape index (κ1) is 95.2. The van der Waals surface area contributed by atoms with E-state index in [1.165, 1.54) is 35.8 Å². The molecule has 0 bridgehead atoms. The van der Waals surface area contributed by atoms with Crippen molar-refractivity contribution in [3.8, 4) is 45.7 Å². The fourth-order valence-electron chi connectivity index (χ4n) is 19.0. The highest BCUT2D eigenvalue weighted by Crippen LogP contribution is 2.39. The number of nitrogens with two attached hydrogens (primary N) is 1. The average molecular weight is 1920 g/mol. The summed E-state index contributed by atoms with van der Waals surface area (Å²) in [5.41, 5.74) is 18.0. The number of carbonyl (C=O) groups is 12. The van der Waals surface area contributed by atoms with E-state index in [1.54, 1.807) is 178 Å². The normalized spacial score (nSPS) is 15.7. The molecule has 3 N–H and O–H groups in total. The smallest absolute Gasteiger partial charge is 0.359 e. The number of carboxylic acid groups (broad SMARTS) is 1. The van der Waals surface area contributed by atoms with Crippen molar-refractivity contribution in [3.05, 3.63) is 281 Å². The summed E-state index contributed by atoms with van der Waals surface area (Å²) in [5, 5.41) is 27.5. The number of hydrogen-bond donors (Lipinski definition) is 2. The minimum absolute atomic E-state index is 0.109. The van der Waals surface area contributed by atoms with E-state index in [4.69, 9.17) is 29.4 Å². The number of ether oxygens (including phenoxy) is 5. The van der Waals surface area contributed by atoms with Gasteiger partial charge in [0, 0.05) is 158 Å². The summed E-state index contributed by atoms with van der Waals surface area (Å²) < 4.78 is 33.4. The number of carbonyl (C=O) groups excluding carboxylic acids is 11. The maximum atomic E-state index is 13.9. The highest BCUT2D eigenvalue weighted by Gasteiger charge is 2.42. The molecule has 9 amide bonds. The van der Waals surface area contributed by atoms with Crippen LogP contribution in [0.3, 0.4) is 0 Å². The van der Waals surface area contributed by atoms with Gasteiger partial charge >= 0.3 is 11.9 Å². The number of nitrogens with zero attached hydrogens (tertiary/aromatic N) is 18. The zero-order valence-electron chi connectivity index (χ0n) is 78.9. The van der Waals surface area contributed by atoms with Crippen LogP contribution in [0.2, 0.25) is 0 Å². The summed E-state index contributed by atoms with van der Waals surface area (Å²) in [7, 11) is 6.29. The third-order valence-corrected chi connectivity index (χ3v) is 26.4. The second kappa shape index (κ2) is 41.6. The minimum atomic E-state index is -1.17. The van der Waals surface area contributed by atoms with Crippen LogP contribution in [-0.4, -0.2) is 212 Å². The first-order valence-corrected chi connectivity index (χ1v) is 47.2. The largest absolute Gasteiger partial charge is 0.497 e. The Morgan fingerprint density at radius 1 is 0.310 bits per heavy atom. The van der Waals surface area contributed by atoms with Crippen LogP contribution >= 0.6 is 0 Å². The number of amides is 9. The SMILES string of the molecule is CCOC(=O)c1nn(-c2ccc(OC)cc2)c2c1CCN(c1ccc(N3CCCCC3=O)cc1)C2=O.COc1ccc(-n2nc(C(=O)O)c3c2C(=O)N(c2ccc(N4CCCCC4=O)cc2)CC3)cc1.COc1ccc(-n2nc(C(=O)n3ccnc3)c3c2C(=O)N(c2ccc(N4CCCCC4=O)cc2)CC3)cc1.COc1ccc(-n2nc(C(N)=O)c3c2C(=O)N(c2ccc(N4CCCCC4=O)cc2)CC3)cc1. The van der Waals surface area contributed by atoms with Gasteiger partial charge in [-0.05, 0) is 278 Å². The molecule has 13 aromatic rings. The van der Waals surface area contributed by atoms with Crippen molar-refractivity contribution in [1.82, 2.24) is 48.7 Å². The predicted molar refractivity (Wildman–Crippen MR) is 526 cm³/mol. The Kier molecular flexibility index (Phi) is 27.9. The highest BCUT2D eigenvalue weighted by atomic mass is 16.5. The Labute approximate surface area is 815 Å². The van der Waals surface area contributed by atoms with E-state index < -0.39 is 17.8 Å². The van der Waals surface area contributed by atoms with Crippen LogP contribution in [0.1, 0.15) is 190 Å². The molecule has 8 aliphatic heterocycles. The quantitative estimate of drug-likeness (QED) is 0.0631. The highest BCUT2D eigenvalue weighted by molar-refractivity contribution is 6.13. The molecule has 13 heterocycles. The molecule has 0 spiro atoms. The van der Waals surface area contributed by atoms with Crippen molar-refractivity contribution in [2.45, 2.75) is 110 Å². The fourth-order valence-corrected chi connectivity index (χ4v) is 19.0. The van der Waals surface area contributed by atoms with E-state index in [-0.39, 0.29) is 88.2 Å². The van der Waals surface area contributed by atoms with Crippen LogP contribution in [0.15, 0.2) is 213 Å². The number of aromatic carboxylic acids is 1. The third-order valence-electron chi connectivity index (χ3n) is 26.4. The predicted octanol–water partition coefficient (Wildman–Crippen LogP) is 13.3. The number of hydrogen-bond acceptors (Lipinski definition) is 22. The molecule has 5 aromatic heterocycles. The van der Waals surface area contributed by atoms with Crippen LogP contribution in [0.4, 0.5) is 45.5 Å². The van der Waals surface area contributed by atoms with Crippen molar-refractivity contribution >= 4 is 117 Å². The van der Waals surface area contributed by atoms with Crippen LogP contribution in [-0.2, 0) is 49.6 Å². The maximum Gasteiger partial charge on any atom is 0.359 e. The number of anilines is 8. The Hall–Kier alpha value is -17.2. The second-order valence-corrected chi connectivity index (χ2v) is 34.7. The van der Waals surface area contributed by atoms with Gasteiger partial charge in [-0.1, -0.05) is 0 Å². The molecule has 0 radical (unpaired) electrons. The zero-order valence-corrected chi connectivity index (χ0v) is 78.9.